The van der Waals surface area contributed by atoms with Gasteiger partial charge in [0.2, 0.25) is 5.89 Å². The first-order valence-corrected chi connectivity index (χ1v) is 7.01. The van der Waals surface area contributed by atoms with Crippen LogP contribution in [0.5, 0.6) is 5.75 Å². The van der Waals surface area contributed by atoms with Gasteiger partial charge in [-0.3, -0.25) is 0 Å². The molecule has 2 aromatic rings. The normalized spacial score (nSPS) is 13.6. The van der Waals surface area contributed by atoms with Gasteiger partial charge in [-0.25, -0.2) is 0 Å². The molecule has 5 nitrogen and oxygen atoms in total. The zero-order valence-electron chi connectivity index (χ0n) is 12.3. The Kier molecular flexibility index (Phi) is 4.59. The fourth-order valence-corrected chi connectivity index (χ4v) is 2.10. The first kappa shape index (κ1) is 15.0. The van der Waals surface area contributed by atoms with Crippen molar-refractivity contribution in [3.05, 3.63) is 41.5 Å². The summed E-state index contributed by atoms with van der Waals surface area (Å²) >= 11 is 0. The minimum absolute atomic E-state index is 0.128. The van der Waals surface area contributed by atoms with Crippen molar-refractivity contribution in [2.24, 2.45) is 5.41 Å². The van der Waals surface area contributed by atoms with Crippen molar-refractivity contribution in [2.45, 2.75) is 39.5 Å². The Balaban J connectivity index is 2.04. The van der Waals surface area contributed by atoms with E-state index in [9.17, 15) is 5.11 Å². The van der Waals surface area contributed by atoms with Crippen LogP contribution in [0.15, 0.2) is 28.8 Å². The van der Waals surface area contributed by atoms with Crippen molar-refractivity contribution in [3.63, 3.8) is 0 Å². The van der Waals surface area contributed by atoms with Crippen LogP contribution in [-0.2, 0) is 12.8 Å². The second-order valence-corrected chi connectivity index (χ2v) is 5.62. The molecule has 21 heavy (non-hydrogen) atoms. The van der Waals surface area contributed by atoms with E-state index in [0.29, 0.717) is 31.0 Å². The van der Waals surface area contributed by atoms with Gasteiger partial charge in [0.1, 0.15) is 5.75 Å². The number of benzene rings is 1. The number of nitrogens with zero attached hydrogens (tertiary/aromatic N) is 3. The number of aromatic nitrogens is 2. The number of phenolic OH excluding ortho intramolecular Hbond substituents is 1. The number of phenols is 1. The van der Waals surface area contributed by atoms with Crippen molar-refractivity contribution in [1.82, 2.24) is 10.1 Å². The summed E-state index contributed by atoms with van der Waals surface area (Å²) in [6.07, 6.45) is 2.53. The molecule has 0 radical (unpaired) electrons. The fourth-order valence-electron chi connectivity index (χ4n) is 2.10. The molecule has 0 bridgehead atoms. The summed E-state index contributed by atoms with van der Waals surface area (Å²) in [5, 5.41) is 22.1. The molecule has 0 aliphatic rings. The van der Waals surface area contributed by atoms with E-state index in [0.717, 1.165) is 12.0 Å². The second-order valence-electron chi connectivity index (χ2n) is 5.62. The SMILES string of the molecule is CCC(C)(CC#N)Cc1nc(Cc2ccc(O)cc2)no1. The van der Waals surface area contributed by atoms with Crippen molar-refractivity contribution in [3.8, 4) is 11.8 Å². The van der Waals surface area contributed by atoms with Crippen LogP contribution < -0.4 is 0 Å². The lowest BCUT2D eigenvalue weighted by molar-refractivity contribution is 0.265. The zero-order chi connectivity index (χ0) is 15.3. The molecule has 0 fully saturated rings. The quantitative estimate of drug-likeness (QED) is 0.880. The highest BCUT2D eigenvalue weighted by atomic mass is 16.5. The van der Waals surface area contributed by atoms with Gasteiger partial charge < -0.3 is 9.63 Å². The highest BCUT2D eigenvalue weighted by Gasteiger charge is 2.25. The Morgan fingerprint density at radius 3 is 2.67 bits per heavy atom. The molecule has 1 atom stereocenters. The highest BCUT2D eigenvalue weighted by Crippen LogP contribution is 2.29. The lowest BCUT2D eigenvalue weighted by atomic mass is 9.81. The lowest BCUT2D eigenvalue weighted by Gasteiger charge is -2.22. The smallest absolute Gasteiger partial charge is 0.227 e. The minimum Gasteiger partial charge on any atom is -0.508 e. The molecule has 2 rings (SSSR count). The van der Waals surface area contributed by atoms with Crippen LogP contribution in [0, 0.1) is 16.7 Å². The van der Waals surface area contributed by atoms with E-state index in [1.807, 2.05) is 12.1 Å². The maximum absolute atomic E-state index is 9.26. The monoisotopic (exact) mass is 285 g/mol. The predicted molar refractivity (Wildman–Crippen MR) is 77.5 cm³/mol. The van der Waals surface area contributed by atoms with Gasteiger partial charge in [0.05, 0.1) is 6.07 Å². The van der Waals surface area contributed by atoms with Crippen LogP contribution in [0.4, 0.5) is 0 Å². The summed E-state index contributed by atoms with van der Waals surface area (Å²) < 4.78 is 5.28. The third-order valence-corrected chi connectivity index (χ3v) is 3.75. The molecule has 1 heterocycles. The van der Waals surface area contributed by atoms with Crippen molar-refractivity contribution < 1.29 is 9.63 Å². The van der Waals surface area contributed by atoms with E-state index in [4.69, 9.17) is 9.78 Å². The zero-order valence-corrected chi connectivity index (χ0v) is 12.3. The number of hydrogen-bond acceptors (Lipinski definition) is 5. The van der Waals surface area contributed by atoms with Gasteiger partial charge in [-0.2, -0.15) is 10.2 Å². The highest BCUT2D eigenvalue weighted by molar-refractivity contribution is 5.27. The molecule has 1 aromatic heterocycles. The van der Waals surface area contributed by atoms with E-state index in [1.54, 1.807) is 12.1 Å². The van der Waals surface area contributed by atoms with Gasteiger partial charge in [0.25, 0.3) is 0 Å². The van der Waals surface area contributed by atoms with Crippen LogP contribution >= 0.6 is 0 Å². The molecule has 0 amide bonds. The van der Waals surface area contributed by atoms with E-state index >= 15 is 0 Å². The first-order chi connectivity index (χ1) is 10.0. The van der Waals surface area contributed by atoms with Gasteiger partial charge in [0.15, 0.2) is 5.82 Å². The standard InChI is InChI=1S/C16H19N3O2/c1-3-16(2,8-9-17)11-15-18-14(19-21-15)10-12-4-6-13(20)7-5-12/h4-7,20H,3,8,10-11H2,1-2H3. The van der Waals surface area contributed by atoms with E-state index in [-0.39, 0.29) is 11.2 Å². The Hall–Kier alpha value is -2.35. The molecule has 0 saturated carbocycles. The average molecular weight is 285 g/mol. The summed E-state index contributed by atoms with van der Waals surface area (Å²) in [6.45, 7) is 4.12. The third kappa shape index (κ3) is 4.06. The maximum atomic E-state index is 9.26. The number of hydrogen-bond donors (Lipinski definition) is 1. The van der Waals surface area contributed by atoms with E-state index < -0.39 is 0 Å². The molecule has 0 saturated heterocycles. The predicted octanol–water partition coefficient (Wildman–Crippen LogP) is 3.24. The Bertz CT molecular complexity index is 628. The molecule has 0 aliphatic carbocycles. The lowest BCUT2D eigenvalue weighted by Crippen LogP contribution is -2.18. The fraction of sp³-hybridized carbons (Fsp3) is 0.438. The second kappa shape index (κ2) is 6.40. The Morgan fingerprint density at radius 1 is 1.33 bits per heavy atom. The number of nitriles is 1. The summed E-state index contributed by atoms with van der Waals surface area (Å²) in [6, 6.07) is 9.15. The molecule has 5 heteroatoms. The first-order valence-electron chi connectivity index (χ1n) is 7.01. The minimum atomic E-state index is -0.128. The Labute approximate surface area is 124 Å². The van der Waals surface area contributed by atoms with Crippen LogP contribution in [0.2, 0.25) is 0 Å². The molecule has 1 N–H and O–H groups in total. The molecule has 0 aliphatic heterocycles. The summed E-state index contributed by atoms with van der Waals surface area (Å²) in [4.78, 5) is 4.39. The van der Waals surface area contributed by atoms with E-state index in [2.05, 4.69) is 30.1 Å². The van der Waals surface area contributed by atoms with Crippen molar-refractivity contribution in [2.75, 3.05) is 0 Å². The van der Waals surface area contributed by atoms with Gasteiger partial charge in [-0.1, -0.05) is 31.1 Å². The molecule has 1 aromatic carbocycles. The summed E-state index contributed by atoms with van der Waals surface area (Å²) in [5.74, 6) is 1.43. The van der Waals surface area contributed by atoms with Crippen LogP contribution in [0.25, 0.3) is 0 Å². The number of rotatable bonds is 6. The van der Waals surface area contributed by atoms with Gasteiger partial charge >= 0.3 is 0 Å². The summed E-state index contributed by atoms with van der Waals surface area (Å²) in [5.41, 5.74) is 0.882. The molecule has 1 unspecified atom stereocenters. The van der Waals surface area contributed by atoms with Gasteiger partial charge in [0, 0.05) is 19.3 Å². The van der Waals surface area contributed by atoms with Gasteiger partial charge in [-0.15, -0.1) is 0 Å². The molecular weight excluding hydrogens is 266 g/mol. The van der Waals surface area contributed by atoms with E-state index in [1.165, 1.54) is 0 Å². The maximum Gasteiger partial charge on any atom is 0.227 e. The van der Waals surface area contributed by atoms with Crippen LogP contribution in [-0.4, -0.2) is 15.2 Å². The molecule has 110 valence electrons. The van der Waals surface area contributed by atoms with Crippen molar-refractivity contribution >= 4 is 0 Å². The van der Waals surface area contributed by atoms with Gasteiger partial charge in [-0.05, 0) is 29.5 Å². The third-order valence-electron chi connectivity index (χ3n) is 3.75. The van der Waals surface area contributed by atoms with Crippen LogP contribution in [0.3, 0.4) is 0 Å². The van der Waals surface area contributed by atoms with Crippen LogP contribution in [0.1, 0.15) is 44.0 Å². The molecular formula is C16H19N3O2. The summed E-state index contributed by atoms with van der Waals surface area (Å²) in [7, 11) is 0. The number of aromatic hydroxyl groups is 1. The Morgan fingerprint density at radius 2 is 2.05 bits per heavy atom. The molecule has 0 spiro atoms. The average Bonchev–Trinajstić information content (AvgIpc) is 2.88. The van der Waals surface area contributed by atoms with Crippen molar-refractivity contribution in [1.29, 1.82) is 5.26 Å². The topological polar surface area (TPSA) is 82.9 Å². The largest absolute Gasteiger partial charge is 0.508 e.